The van der Waals surface area contributed by atoms with Gasteiger partial charge in [-0.1, -0.05) is 11.6 Å². The molecule has 10 nitrogen and oxygen atoms in total. The van der Waals surface area contributed by atoms with Gasteiger partial charge in [0, 0.05) is 49.9 Å². The molecular weight excluding hydrogens is 480 g/mol. The molecule has 3 N–H and O–H groups in total. The van der Waals surface area contributed by atoms with Crippen molar-refractivity contribution in [2.75, 3.05) is 52.1 Å². The Bertz CT molecular complexity index is 1140. The molecule has 1 saturated heterocycles. The van der Waals surface area contributed by atoms with Gasteiger partial charge in [-0.3, -0.25) is 14.6 Å². The summed E-state index contributed by atoms with van der Waals surface area (Å²) in [5, 5.41) is 11.9. The van der Waals surface area contributed by atoms with Crippen molar-refractivity contribution in [2.45, 2.75) is 44.6 Å². The first-order valence-corrected chi connectivity index (χ1v) is 13.4. The Morgan fingerprint density at radius 3 is 2.61 bits per heavy atom. The number of benzene rings is 1. The molecular formula is C28H38N8O2. The third kappa shape index (κ3) is 6.78. The minimum atomic E-state index is -0.131. The Balaban J connectivity index is 1.36. The van der Waals surface area contributed by atoms with Gasteiger partial charge < -0.3 is 25.8 Å². The topological polar surface area (TPSA) is 130 Å². The smallest absolute Gasteiger partial charge is 0.253 e. The van der Waals surface area contributed by atoms with Crippen LogP contribution < -0.4 is 11.1 Å². The fourth-order valence-corrected chi connectivity index (χ4v) is 5.35. The molecule has 1 unspecified atom stereocenters. The summed E-state index contributed by atoms with van der Waals surface area (Å²) >= 11 is 0. The summed E-state index contributed by atoms with van der Waals surface area (Å²) in [6.45, 7) is 3.84. The maximum absolute atomic E-state index is 13.0. The highest BCUT2D eigenvalue weighted by Crippen LogP contribution is 2.28. The minimum absolute atomic E-state index is 0.0285. The predicted molar refractivity (Wildman–Crippen MR) is 149 cm³/mol. The Hall–Kier alpha value is -3.71. The highest BCUT2D eigenvalue weighted by molar-refractivity contribution is 6.03. The molecule has 0 aromatic heterocycles. The van der Waals surface area contributed by atoms with Gasteiger partial charge in [-0.2, -0.15) is 10.3 Å². The van der Waals surface area contributed by atoms with Crippen molar-refractivity contribution in [1.82, 2.24) is 14.7 Å². The molecule has 202 valence electrons. The van der Waals surface area contributed by atoms with Crippen molar-refractivity contribution in [3.8, 4) is 6.07 Å². The third-order valence-electron chi connectivity index (χ3n) is 7.71. The van der Waals surface area contributed by atoms with Crippen LogP contribution in [0.2, 0.25) is 0 Å². The maximum atomic E-state index is 13.0. The second kappa shape index (κ2) is 12.7. The average molecular weight is 519 g/mol. The van der Waals surface area contributed by atoms with E-state index in [1.807, 2.05) is 42.3 Å². The Labute approximate surface area is 224 Å². The number of nitrogens with zero attached hydrogens (tertiary/aromatic N) is 6. The van der Waals surface area contributed by atoms with Crippen molar-refractivity contribution >= 4 is 29.3 Å². The lowest BCUT2D eigenvalue weighted by atomic mass is 9.87. The Morgan fingerprint density at radius 1 is 1.21 bits per heavy atom. The standard InChI is InChI=1S/C28H38N8O2/c1-34-16-12-23(13-17-34)35(2)27(38)21-5-7-22(8-6-21)32-28(30)33-26-24(4-3-15-31-26)20-10-18-36(19-11-20)25(37)9-14-29/h5-8,10,23-24H,3-4,9,11-13,15-19H2,1-2H3,(H3,30,31,32,33). The van der Waals surface area contributed by atoms with E-state index >= 15 is 0 Å². The normalized spacial score (nSPS) is 21.2. The first-order valence-electron chi connectivity index (χ1n) is 13.4. The van der Waals surface area contributed by atoms with Crippen LogP contribution in [0.3, 0.4) is 0 Å². The molecule has 3 aliphatic heterocycles. The second-order valence-electron chi connectivity index (χ2n) is 10.3. The number of likely N-dealkylation sites (tertiary alicyclic amines) is 1. The van der Waals surface area contributed by atoms with Crippen LogP contribution in [0.5, 0.6) is 0 Å². The highest BCUT2D eigenvalue weighted by atomic mass is 16.2. The number of carbonyl (C=O) groups excluding carboxylic acids is 2. The van der Waals surface area contributed by atoms with E-state index in [1.165, 1.54) is 5.57 Å². The van der Waals surface area contributed by atoms with Gasteiger partial charge in [-0.05, 0) is 76.5 Å². The number of amides is 2. The van der Waals surface area contributed by atoms with Gasteiger partial charge in [-0.25, -0.2) is 0 Å². The molecule has 0 spiro atoms. The number of guanidine groups is 1. The zero-order valence-electron chi connectivity index (χ0n) is 22.4. The summed E-state index contributed by atoms with van der Waals surface area (Å²) in [7, 11) is 4.00. The number of anilines is 1. The monoisotopic (exact) mass is 518 g/mol. The molecule has 1 aromatic carbocycles. The molecule has 10 heteroatoms. The average Bonchev–Trinajstić information content (AvgIpc) is 2.93. The molecule has 0 radical (unpaired) electrons. The fraction of sp³-hybridized carbons (Fsp3) is 0.536. The third-order valence-corrected chi connectivity index (χ3v) is 7.71. The minimum Gasteiger partial charge on any atom is -0.369 e. The zero-order valence-corrected chi connectivity index (χ0v) is 22.4. The van der Waals surface area contributed by atoms with Gasteiger partial charge in [0.15, 0.2) is 5.96 Å². The van der Waals surface area contributed by atoms with Crippen LogP contribution in [-0.4, -0.2) is 91.2 Å². The quantitative estimate of drug-likeness (QED) is 0.350. The van der Waals surface area contributed by atoms with Crippen LogP contribution in [0.15, 0.2) is 45.9 Å². The number of carbonyl (C=O) groups is 2. The van der Waals surface area contributed by atoms with Gasteiger partial charge in [0.1, 0.15) is 12.3 Å². The zero-order chi connectivity index (χ0) is 27.1. The van der Waals surface area contributed by atoms with Crippen LogP contribution in [-0.2, 0) is 4.79 Å². The van der Waals surface area contributed by atoms with Gasteiger partial charge in [0.2, 0.25) is 5.91 Å². The summed E-state index contributed by atoms with van der Waals surface area (Å²) in [5.74, 6) is 0.928. The molecule has 1 aromatic rings. The van der Waals surface area contributed by atoms with E-state index in [2.05, 4.69) is 33.3 Å². The van der Waals surface area contributed by atoms with E-state index in [0.717, 1.165) is 50.9 Å². The molecule has 0 bridgehead atoms. The van der Waals surface area contributed by atoms with Crippen molar-refractivity contribution in [2.24, 2.45) is 21.6 Å². The van der Waals surface area contributed by atoms with E-state index in [4.69, 9.17) is 11.0 Å². The number of piperidine rings is 1. The van der Waals surface area contributed by atoms with Crippen molar-refractivity contribution in [3.63, 3.8) is 0 Å². The number of nitrogens with two attached hydrogens (primary N) is 1. The van der Waals surface area contributed by atoms with Crippen LogP contribution >= 0.6 is 0 Å². The van der Waals surface area contributed by atoms with Gasteiger partial charge >= 0.3 is 0 Å². The summed E-state index contributed by atoms with van der Waals surface area (Å²) in [6.07, 6.45) is 6.63. The molecule has 3 heterocycles. The lowest BCUT2D eigenvalue weighted by molar-refractivity contribution is -0.129. The van der Waals surface area contributed by atoms with Crippen LogP contribution in [0.1, 0.15) is 48.9 Å². The maximum Gasteiger partial charge on any atom is 0.253 e. The highest BCUT2D eigenvalue weighted by Gasteiger charge is 2.27. The Morgan fingerprint density at radius 2 is 1.95 bits per heavy atom. The van der Waals surface area contributed by atoms with Crippen LogP contribution in [0.4, 0.5) is 5.69 Å². The summed E-state index contributed by atoms with van der Waals surface area (Å²) in [5.41, 5.74) is 8.87. The largest absolute Gasteiger partial charge is 0.369 e. The van der Waals surface area contributed by atoms with Crippen molar-refractivity contribution in [3.05, 3.63) is 41.5 Å². The first-order chi connectivity index (χ1) is 18.4. The number of rotatable bonds is 5. The van der Waals surface area contributed by atoms with Crippen molar-refractivity contribution in [1.29, 1.82) is 5.26 Å². The van der Waals surface area contributed by atoms with Crippen LogP contribution in [0.25, 0.3) is 0 Å². The summed E-state index contributed by atoms with van der Waals surface area (Å²) in [4.78, 5) is 40.1. The SMILES string of the molecule is CN1CCC(N(C)C(=O)c2ccc(NC(N)=NC3=NCCCC3C3=CCN(C(=O)CC#N)CC3)cc2)CC1. The van der Waals surface area contributed by atoms with Crippen LogP contribution in [0, 0.1) is 17.2 Å². The number of hydrogen-bond acceptors (Lipinski definition) is 6. The van der Waals surface area contributed by atoms with E-state index < -0.39 is 0 Å². The molecule has 4 rings (SSSR count). The van der Waals surface area contributed by atoms with E-state index in [1.54, 1.807) is 4.90 Å². The number of hydrogen-bond donors (Lipinski definition) is 2. The molecule has 1 fully saturated rings. The molecule has 3 aliphatic rings. The summed E-state index contributed by atoms with van der Waals surface area (Å²) in [6, 6.07) is 9.51. The van der Waals surface area contributed by atoms with Gasteiger partial charge in [0.05, 0.1) is 6.07 Å². The predicted octanol–water partition coefficient (Wildman–Crippen LogP) is 2.46. The number of amidine groups is 1. The van der Waals surface area contributed by atoms with Gasteiger partial charge in [0.25, 0.3) is 5.91 Å². The lowest BCUT2D eigenvalue weighted by Crippen LogP contribution is -2.44. The lowest BCUT2D eigenvalue weighted by Gasteiger charge is -2.35. The molecule has 0 aliphatic carbocycles. The first kappa shape index (κ1) is 27.3. The van der Waals surface area contributed by atoms with Gasteiger partial charge in [-0.15, -0.1) is 0 Å². The number of nitrogens with one attached hydrogen (secondary N) is 1. The molecule has 2 amide bonds. The Kier molecular flexibility index (Phi) is 9.13. The van der Waals surface area contributed by atoms with E-state index in [9.17, 15) is 9.59 Å². The number of nitriles is 1. The van der Waals surface area contributed by atoms with Crippen molar-refractivity contribution < 1.29 is 9.59 Å². The molecule has 1 atom stereocenters. The molecule has 0 saturated carbocycles. The fourth-order valence-electron chi connectivity index (χ4n) is 5.35. The second-order valence-corrected chi connectivity index (χ2v) is 10.3. The summed E-state index contributed by atoms with van der Waals surface area (Å²) < 4.78 is 0. The van der Waals surface area contributed by atoms with E-state index in [0.29, 0.717) is 31.0 Å². The number of aliphatic imine (C=N–C) groups is 2. The molecule has 38 heavy (non-hydrogen) atoms. The van der Waals surface area contributed by atoms with E-state index in [-0.39, 0.29) is 36.2 Å².